The molecule has 0 spiro atoms. The molecule has 1 amide bonds. The highest BCUT2D eigenvalue weighted by molar-refractivity contribution is 7.93. The lowest BCUT2D eigenvalue weighted by atomic mass is 10.2. The Bertz CT molecular complexity index is 1710. The molecule has 0 fully saturated rings. The second-order valence-corrected chi connectivity index (χ2v) is 12.2. The van der Waals surface area contributed by atoms with Gasteiger partial charge < -0.3 is 10.1 Å². The summed E-state index contributed by atoms with van der Waals surface area (Å²) in [5.74, 6) is -0.911. The maximum Gasteiger partial charge on any atom is 0.264 e. The summed E-state index contributed by atoms with van der Waals surface area (Å²) in [6, 6.07) is 22.8. The van der Waals surface area contributed by atoms with Gasteiger partial charge in [-0.1, -0.05) is 24.3 Å². The summed E-state index contributed by atoms with van der Waals surface area (Å²) in [4.78, 5) is 12.7. The number of halogens is 1. The Morgan fingerprint density at radius 3 is 2.10 bits per heavy atom. The van der Waals surface area contributed by atoms with Gasteiger partial charge in [0.1, 0.15) is 18.1 Å². The van der Waals surface area contributed by atoms with E-state index in [-0.39, 0.29) is 26.9 Å². The largest absolute Gasteiger partial charge is 0.495 e. The summed E-state index contributed by atoms with van der Waals surface area (Å²) in [7, 11) is -6.75. The van der Waals surface area contributed by atoms with E-state index in [1.165, 1.54) is 43.5 Å². The number of benzene rings is 4. The molecule has 0 aromatic heterocycles. The number of sulfonamides is 2. The maximum atomic E-state index is 13.4. The zero-order valence-electron chi connectivity index (χ0n) is 21.5. The maximum absolute atomic E-state index is 13.4. The Kier molecular flexibility index (Phi) is 8.40. The summed E-state index contributed by atoms with van der Waals surface area (Å²) < 4.78 is 74.6. The van der Waals surface area contributed by atoms with Crippen molar-refractivity contribution in [3.63, 3.8) is 0 Å². The number of anilines is 3. The van der Waals surface area contributed by atoms with E-state index in [0.29, 0.717) is 5.75 Å². The summed E-state index contributed by atoms with van der Waals surface area (Å²) in [5, 5.41) is 2.59. The second kappa shape index (κ2) is 11.8. The third kappa shape index (κ3) is 6.58. The number of hydrogen-bond acceptors (Lipinski definition) is 6. The van der Waals surface area contributed by atoms with Crippen LogP contribution in [0.3, 0.4) is 0 Å². The van der Waals surface area contributed by atoms with E-state index in [1.54, 1.807) is 36.4 Å². The Balaban J connectivity index is 1.52. The molecule has 2 N–H and O–H groups in total. The predicted molar refractivity (Wildman–Crippen MR) is 151 cm³/mol. The van der Waals surface area contributed by atoms with Crippen LogP contribution in [-0.2, 0) is 24.8 Å². The molecule has 12 heteroatoms. The first-order valence-corrected chi connectivity index (χ1v) is 14.8. The number of rotatable bonds is 10. The van der Waals surface area contributed by atoms with Gasteiger partial charge >= 0.3 is 0 Å². The number of amides is 1. The summed E-state index contributed by atoms with van der Waals surface area (Å²) in [6.07, 6.45) is 0. The minimum Gasteiger partial charge on any atom is -0.495 e. The SMILES string of the molecule is COc1ccc(C)cc1NS(=O)(=O)c1ccc(NC(=O)CN(c2ccccc2)S(=O)(=O)c2ccc(F)cc2)cc1. The van der Waals surface area contributed by atoms with Crippen molar-refractivity contribution in [2.75, 3.05) is 28.0 Å². The van der Waals surface area contributed by atoms with Crippen molar-refractivity contribution in [1.82, 2.24) is 0 Å². The topological polar surface area (TPSA) is 122 Å². The van der Waals surface area contributed by atoms with Crippen LogP contribution in [0.2, 0.25) is 0 Å². The lowest BCUT2D eigenvalue weighted by Crippen LogP contribution is -2.38. The van der Waals surface area contributed by atoms with Crippen molar-refractivity contribution in [2.24, 2.45) is 0 Å². The number of nitrogens with one attached hydrogen (secondary N) is 2. The third-order valence-corrected chi connectivity index (χ3v) is 8.95. The summed E-state index contributed by atoms with van der Waals surface area (Å²) in [6.45, 7) is 1.23. The van der Waals surface area contributed by atoms with Gasteiger partial charge in [-0.15, -0.1) is 0 Å². The molecule has 0 atom stereocenters. The van der Waals surface area contributed by atoms with Gasteiger partial charge in [-0.25, -0.2) is 21.2 Å². The van der Waals surface area contributed by atoms with Crippen molar-refractivity contribution in [1.29, 1.82) is 0 Å². The molecule has 0 unspecified atom stereocenters. The van der Waals surface area contributed by atoms with Gasteiger partial charge in [-0.2, -0.15) is 0 Å². The van der Waals surface area contributed by atoms with E-state index in [2.05, 4.69) is 10.0 Å². The molecular formula is C28H26FN3O6S2. The van der Waals surface area contributed by atoms with Gasteiger partial charge in [0.2, 0.25) is 5.91 Å². The second-order valence-electron chi connectivity index (χ2n) is 8.68. The van der Waals surface area contributed by atoms with Crippen molar-refractivity contribution < 1.29 is 30.8 Å². The summed E-state index contributed by atoms with van der Waals surface area (Å²) >= 11 is 0. The Labute approximate surface area is 232 Å². The summed E-state index contributed by atoms with van der Waals surface area (Å²) in [5.41, 5.74) is 1.61. The van der Waals surface area contributed by atoms with Crippen LogP contribution in [0.4, 0.5) is 21.5 Å². The Hall–Kier alpha value is -4.42. The number of hydrogen-bond donors (Lipinski definition) is 2. The molecule has 0 heterocycles. The van der Waals surface area contributed by atoms with Crippen LogP contribution in [0, 0.1) is 12.7 Å². The first-order chi connectivity index (χ1) is 19.0. The molecule has 9 nitrogen and oxygen atoms in total. The molecular weight excluding hydrogens is 557 g/mol. The lowest BCUT2D eigenvalue weighted by Gasteiger charge is -2.24. The van der Waals surface area contributed by atoms with Crippen LogP contribution in [0.1, 0.15) is 5.56 Å². The van der Waals surface area contributed by atoms with Gasteiger partial charge in [-0.3, -0.25) is 13.8 Å². The van der Waals surface area contributed by atoms with E-state index < -0.39 is 38.3 Å². The van der Waals surface area contributed by atoms with Crippen LogP contribution in [-0.4, -0.2) is 36.4 Å². The van der Waals surface area contributed by atoms with E-state index >= 15 is 0 Å². The van der Waals surface area contributed by atoms with Gasteiger partial charge in [0.25, 0.3) is 20.0 Å². The van der Waals surface area contributed by atoms with E-state index in [9.17, 15) is 26.0 Å². The van der Waals surface area contributed by atoms with E-state index in [4.69, 9.17) is 4.74 Å². The average Bonchev–Trinajstić information content (AvgIpc) is 2.92. The number of carbonyl (C=O) groups is 1. The first-order valence-electron chi connectivity index (χ1n) is 11.9. The fourth-order valence-electron chi connectivity index (χ4n) is 3.80. The molecule has 0 bridgehead atoms. The third-order valence-electron chi connectivity index (χ3n) is 5.78. The zero-order valence-corrected chi connectivity index (χ0v) is 23.2. The highest BCUT2D eigenvalue weighted by atomic mass is 32.2. The number of methoxy groups -OCH3 is 1. The molecule has 4 rings (SSSR count). The van der Waals surface area contributed by atoms with Gasteiger partial charge in [-0.05, 0) is 85.3 Å². The normalized spacial score (nSPS) is 11.5. The molecule has 0 saturated carbocycles. The number of nitrogens with zero attached hydrogens (tertiary/aromatic N) is 1. The van der Waals surface area contributed by atoms with Crippen molar-refractivity contribution in [3.05, 3.63) is 108 Å². The molecule has 0 aliphatic rings. The van der Waals surface area contributed by atoms with Crippen LogP contribution in [0.15, 0.2) is 107 Å². The molecule has 0 aliphatic carbocycles. The Morgan fingerprint density at radius 1 is 0.850 bits per heavy atom. The van der Waals surface area contributed by atoms with Gasteiger partial charge in [0, 0.05) is 5.69 Å². The fourth-order valence-corrected chi connectivity index (χ4v) is 6.28. The molecule has 0 aliphatic heterocycles. The average molecular weight is 584 g/mol. The first kappa shape index (κ1) is 28.6. The van der Waals surface area contributed by atoms with Crippen LogP contribution in [0.25, 0.3) is 0 Å². The minimum absolute atomic E-state index is 0.0566. The van der Waals surface area contributed by atoms with Crippen molar-refractivity contribution in [2.45, 2.75) is 16.7 Å². The van der Waals surface area contributed by atoms with Crippen LogP contribution in [0.5, 0.6) is 5.75 Å². The highest BCUT2D eigenvalue weighted by Crippen LogP contribution is 2.28. The number of aryl methyl sites for hydroxylation is 1. The van der Waals surface area contributed by atoms with Crippen LogP contribution >= 0.6 is 0 Å². The van der Waals surface area contributed by atoms with E-state index in [1.807, 2.05) is 6.92 Å². The number of ether oxygens (including phenoxy) is 1. The molecule has 4 aromatic rings. The molecule has 4 aromatic carbocycles. The fraction of sp³-hybridized carbons (Fsp3) is 0.107. The zero-order chi connectivity index (χ0) is 28.9. The predicted octanol–water partition coefficient (Wildman–Crippen LogP) is 4.78. The lowest BCUT2D eigenvalue weighted by molar-refractivity contribution is -0.114. The standard InChI is InChI=1S/C28H26FN3O6S2/c1-20-8-17-27(38-2)26(18-20)31-39(34,35)24-15-11-22(12-16-24)30-28(33)19-32(23-6-4-3-5-7-23)40(36,37)25-13-9-21(29)10-14-25/h3-18,31H,19H2,1-2H3,(H,30,33). The monoisotopic (exact) mass is 583 g/mol. The smallest absolute Gasteiger partial charge is 0.264 e. The molecule has 40 heavy (non-hydrogen) atoms. The quantitative estimate of drug-likeness (QED) is 0.277. The van der Waals surface area contributed by atoms with Crippen LogP contribution < -0.4 is 19.1 Å². The number of para-hydroxylation sites is 1. The molecule has 208 valence electrons. The molecule has 0 saturated heterocycles. The Morgan fingerprint density at radius 2 is 1.48 bits per heavy atom. The molecule has 0 radical (unpaired) electrons. The van der Waals surface area contributed by atoms with Crippen molar-refractivity contribution >= 4 is 43.0 Å². The van der Waals surface area contributed by atoms with Gasteiger partial charge in [0.15, 0.2) is 0 Å². The highest BCUT2D eigenvalue weighted by Gasteiger charge is 2.27. The van der Waals surface area contributed by atoms with Crippen molar-refractivity contribution in [3.8, 4) is 5.75 Å². The van der Waals surface area contributed by atoms with E-state index in [0.717, 1.165) is 34.1 Å². The van der Waals surface area contributed by atoms with Gasteiger partial charge in [0.05, 0.1) is 28.3 Å². The number of carbonyl (C=O) groups excluding carboxylic acids is 1. The minimum atomic E-state index is -4.21.